The molecule has 0 radical (unpaired) electrons. The van der Waals surface area contributed by atoms with Gasteiger partial charge in [-0.25, -0.2) is 4.98 Å². The van der Waals surface area contributed by atoms with E-state index in [1.54, 1.807) is 36.4 Å². The maximum atomic E-state index is 12.2. The summed E-state index contributed by atoms with van der Waals surface area (Å²) in [6, 6.07) is 19.9. The number of nitriles is 1. The minimum absolute atomic E-state index is 0.258. The monoisotopic (exact) mass is 392 g/mol. The van der Waals surface area contributed by atoms with Crippen LogP contribution in [0.25, 0.3) is 0 Å². The first-order valence-electron chi connectivity index (χ1n) is 7.44. The van der Waals surface area contributed by atoms with E-state index in [1.165, 1.54) is 6.20 Å². The van der Waals surface area contributed by atoms with Gasteiger partial charge in [-0.15, -0.1) is 0 Å². The minimum atomic E-state index is -0.258. The molecule has 0 bridgehead atoms. The van der Waals surface area contributed by atoms with Gasteiger partial charge in [-0.3, -0.25) is 4.79 Å². The Morgan fingerprint density at radius 3 is 2.48 bits per heavy atom. The molecule has 0 unspecified atom stereocenters. The van der Waals surface area contributed by atoms with Gasteiger partial charge in [0.25, 0.3) is 5.91 Å². The molecule has 0 saturated heterocycles. The number of hydrogen-bond donors (Lipinski definition) is 2. The van der Waals surface area contributed by atoms with Gasteiger partial charge in [0, 0.05) is 22.0 Å². The Morgan fingerprint density at radius 2 is 1.84 bits per heavy atom. The van der Waals surface area contributed by atoms with Crippen molar-refractivity contribution in [3.63, 3.8) is 0 Å². The topological polar surface area (TPSA) is 77.8 Å². The molecule has 0 aliphatic carbocycles. The van der Waals surface area contributed by atoms with Crippen LogP contribution in [0.3, 0.4) is 0 Å². The van der Waals surface area contributed by atoms with Gasteiger partial charge in [-0.1, -0.05) is 22.0 Å². The molecule has 5 nitrogen and oxygen atoms in total. The third-order valence-corrected chi connectivity index (χ3v) is 3.89. The Morgan fingerprint density at radius 1 is 1.04 bits per heavy atom. The van der Waals surface area contributed by atoms with Crippen molar-refractivity contribution < 1.29 is 4.79 Å². The summed E-state index contributed by atoms with van der Waals surface area (Å²) in [7, 11) is 0. The quantitative estimate of drug-likeness (QED) is 0.673. The van der Waals surface area contributed by atoms with E-state index in [-0.39, 0.29) is 5.91 Å². The summed E-state index contributed by atoms with van der Waals surface area (Å²) in [5, 5.41) is 14.7. The van der Waals surface area contributed by atoms with E-state index in [0.717, 1.165) is 10.2 Å². The maximum absolute atomic E-state index is 12.2. The second-order valence-electron chi connectivity index (χ2n) is 5.21. The molecular weight excluding hydrogens is 380 g/mol. The predicted molar refractivity (Wildman–Crippen MR) is 101 cm³/mol. The highest BCUT2D eigenvalue weighted by molar-refractivity contribution is 9.10. The fraction of sp³-hybridized carbons (Fsp3) is 0. The van der Waals surface area contributed by atoms with E-state index in [1.807, 2.05) is 30.3 Å². The first kappa shape index (κ1) is 16.7. The molecule has 0 fully saturated rings. The molecule has 122 valence electrons. The predicted octanol–water partition coefficient (Wildman–Crippen LogP) is 4.71. The fourth-order valence-electron chi connectivity index (χ4n) is 2.15. The average molecular weight is 393 g/mol. The van der Waals surface area contributed by atoms with Crippen LogP contribution < -0.4 is 10.6 Å². The van der Waals surface area contributed by atoms with Crippen LogP contribution in [0, 0.1) is 11.3 Å². The van der Waals surface area contributed by atoms with Gasteiger partial charge in [0.15, 0.2) is 0 Å². The summed E-state index contributed by atoms with van der Waals surface area (Å²) in [5.41, 5.74) is 2.52. The zero-order chi connectivity index (χ0) is 17.6. The first-order chi connectivity index (χ1) is 12.1. The van der Waals surface area contributed by atoms with Gasteiger partial charge in [-0.05, 0) is 54.6 Å². The highest BCUT2D eigenvalue weighted by atomic mass is 79.9. The van der Waals surface area contributed by atoms with Crippen molar-refractivity contribution in [3.05, 3.63) is 82.5 Å². The van der Waals surface area contributed by atoms with Crippen molar-refractivity contribution in [3.8, 4) is 6.07 Å². The van der Waals surface area contributed by atoms with E-state index in [4.69, 9.17) is 5.26 Å². The zero-order valence-electron chi connectivity index (χ0n) is 13.0. The lowest BCUT2D eigenvalue weighted by Gasteiger charge is -2.08. The number of nitrogens with zero attached hydrogens (tertiary/aromatic N) is 2. The standard InChI is InChI=1S/C19H13BrN4O/c20-15-2-1-3-17(10-15)23-18-9-6-14(12-22-18)19(25)24-16-7-4-13(11-21)5-8-16/h1-10,12H,(H,22,23)(H,24,25). The lowest BCUT2D eigenvalue weighted by Crippen LogP contribution is -2.12. The average Bonchev–Trinajstić information content (AvgIpc) is 2.63. The van der Waals surface area contributed by atoms with Gasteiger partial charge in [0.1, 0.15) is 5.82 Å². The number of rotatable bonds is 4. The highest BCUT2D eigenvalue weighted by Crippen LogP contribution is 2.19. The molecule has 3 rings (SSSR count). The molecule has 0 atom stereocenters. The number of anilines is 3. The third kappa shape index (κ3) is 4.43. The van der Waals surface area contributed by atoms with Crippen LogP contribution in [0.4, 0.5) is 17.2 Å². The Kier molecular flexibility index (Phi) is 5.07. The molecular formula is C19H13BrN4O. The normalized spacial score (nSPS) is 9.92. The number of halogens is 1. The van der Waals surface area contributed by atoms with Crippen molar-refractivity contribution in [2.24, 2.45) is 0 Å². The van der Waals surface area contributed by atoms with E-state index in [2.05, 4.69) is 31.5 Å². The largest absolute Gasteiger partial charge is 0.340 e. The SMILES string of the molecule is N#Cc1ccc(NC(=O)c2ccc(Nc3cccc(Br)c3)nc2)cc1. The lowest BCUT2D eigenvalue weighted by atomic mass is 10.2. The van der Waals surface area contributed by atoms with Crippen LogP contribution in [0.1, 0.15) is 15.9 Å². The second-order valence-corrected chi connectivity index (χ2v) is 6.13. The van der Waals surface area contributed by atoms with Gasteiger partial charge >= 0.3 is 0 Å². The fourth-order valence-corrected chi connectivity index (χ4v) is 2.55. The number of nitrogens with one attached hydrogen (secondary N) is 2. The van der Waals surface area contributed by atoms with E-state index < -0.39 is 0 Å². The molecule has 1 amide bonds. The number of carbonyl (C=O) groups excluding carboxylic acids is 1. The van der Waals surface area contributed by atoms with E-state index >= 15 is 0 Å². The van der Waals surface area contributed by atoms with Gasteiger partial charge in [0.2, 0.25) is 0 Å². The van der Waals surface area contributed by atoms with Crippen LogP contribution in [0.5, 0.6) is 0 Å². The smallest absolute Gasteiger partial charge is 0.257 e. The van der Waals surface area contributed by atoms with Gasteiger partial charge in [0.05, 0.1) is 17.2 Å². The summed E-state index contributed by atoms with van der Waals surface area (Å²) < 4.78 is 0.968. The van der Waals surface area contributed by atoms with Crippen molar-refractivity contribution in [1.29, 1.82) is 5.26 Å². The molecule has 0 saturated carbocycles. The van der Waals surface area contributed by atoms with Crippen LogP contribution in [-0.4, -0.2) is 10.9 Å². The Labute approximate surface area is 153 Å². The molecule has 25 heavy (non-hydrogen) atoms. The Hall–Kier alpha value is -3.17. The Bertz CT molecular complexity index is 931. The summed E-state index contributed by atoms with van der Waals surface area (Å²) in [4.78, 5) is 16.5. The molecule has 0 spiro atoms. The summed E-state index contributed by atoms with van der Waals surface area (Å²) >= 11 is 3.42. The van der Waals surface area contributed by atoms with Crippen LogP contribution >= 0.6 is 15.9 Å². The van der Waals surface area contributed by atoms with Gasteiger partial charge < -0.3 is 10.6 Å². The summed E-state index contributed by atoms with van der Waals surface area (Å²) in [6.45, 7) is 0. The number of hydrogen-bond acceptors (Lipinski definition) is 4. The molecule has 6 heteroatoms. The zero-order valence-corrected chi connectivity index (χ0v) is 14.6. The van der Waals surface area contributed by atoms with Crippen molar-refractivity contribution in [1.82, 2.24) is 4.98 Å². The molecule has 3 aromatic rings. The molecule has 1 heterocycles. The number of benzene rings is 2. The lowest BCUT2D eigenvalue weighted by molar-refractivity contribution is 0.102. The molecule has 0 aliphatic rings. The van der Waals surface area contributed by atoms with Crippen LogP contribution in [0.15, 0.2) is 71.3 Å². The van der Waals surface area contributed by atoms with E-state index in [0.29, 0.717) is 22.6 Å². The molecule has 1 aromatic heterocycles. The van der Waals surface area contributed by atoms with Gasteiger partial charge in [-0.2, -0.15) is 5.26 Å². The maximum Gasteiger partial charge on any atom is 0.257 e. The molecule has 2 N–H and O–H groups in total. The van der Waals surface area contributed by atoms with Crippen molar-refractivity contribution in [2.75, 3.05) is 10.6 Å². The number of carbonyl (C=O) groups is 1. The summed E-state index contributed by atoms with van der Waals surface area (Å²) in [6.07, 6.45) is 1.51. The van der Waals surface area contributed by atoms with Crippen LogP contribution in [0.2, 0.25) is 0 Å². The second kappa shape index (κ2) is 7.60. The molecule has 0 aliphatic heterocycles. The van der Waals surface area contributed by atoms with Crippen molar-refractivity contribution >= 4 is 39.0 Å². The molecule has 2 aromatic carbocycles. The van der Waals surface area contributed by atoms with Crippen molar-refractivity contribution in [2.45, 2.75) is 0 Å². The number of amides is 1. The minimum Gasteiger partial charge on any atom is -0.340 e. The first-order valence-corrected chi connectivity index (χ1v) is 8.23. The number of pyridine rings is 1. The van der Waals surface area contributed by atoms with E-state index in [9.17, 15) is 4.79 Å². The Balaban J connectivity index is 1.66. The highest BCUT2D eigenvalue weighted by Gasteiger charge is 2.07. The summed E-state index contributed by atoms with van der Waals surface area (Å²) in [5.74, 6) is 0.388. The number of aromatic nitrogens is 1. The van der Waals surface area contributed by atoms with Crippen LogP contribution in [-0.2, 0) is 0 Å². The third-order valence-electron chi connectivity index (χ3n) is 3.39.